The number of fused-ring (bicyclic) bond motifs is 3. The van der Waals surface area contributed by atoms with Gasteiger partial charge in [0.15, 0.2) is 4.80 Å². The van der Waals surface area contributed by atoms with Crippen molar-refractivity contribution in [1.29, 1.82) is 0 Å². The summed E-state index contributed by atoms with van der Waals surface area (Å²) in [6.07, 6.45) is 3.76. The lowest BCUT2D eigenvalue weighted by Gasteiger charge is -2.31. The molecule has 2 aliphatic rings. The van der Waals surface area contributed by atoms with Crippen LogP contribution in [0.15, 0.2) is 81.4 Å². The van der Waals surface area contributed by atoms with Gasteiger partial charge in [0, 0.05) is 15.5 Å². The highest BCUT2D eigenvalue weighted by Crippen LogP contribution is 2.42. The minimum absolute atomic E-state index is 0.00696. The van der Waals surface area contributed by atoms with Gasteiger partial charge in [0.25, 0.3) is 5.56 Å². The molecule has 152 valence electrons. The second kappa shape index (κ2) is 7.45. The van der Waals surface area contributed by atoms with E-state index in [1.807, 2.05) is 52.4 Å². The van der Waals surface area contributed by atoms with Crippen LogP contribution in [-0.2, 0) is 6.42 Å². The van der Waals surface area contributed by atoms with Crippen molar-refractivity contribution in [3.8, 4) is 0 Å². The number of hydrogen-bond donors (Lipinski definition) is 0. The maximum Gasteiger partial charge on any atom is 0.271 e. The zero-order valence-corrected chi connectivity index (χ0v) is 18.8. The SMILES string of the molecule is O=c1/c(=C/c2cccs2)sc2n1C(c1ccccc1Cl)C1=C(N=2)c2ccccc2CC1. The van der Waals surface area contributed by atoms with Crippen LogP contribution in [-0.4, -0.2) is 4.57 Å². The first-order valence-electron chi connectivity index (χ1n) is 10.1. The Kier molecular flexibility index (Phi) is 4.56. The van der Waals surface area contributed by atoms with Gasteiger partial charge in [-0.25, -0.2) is 4.99 Å². The molecular formula is C25H17ClN2OS2. The van der Waals surface area contributed by atoms with Crippen molar-refractivity contribution in [3.63, 3.8) is 0 Å². The molecular weight excluding hydrogens is 444 g/mol. The zero-order valence-electron chi connectivity index (χ0n) is 16.4. The van der Waals surface area contributed by atoms with E-state index in [4.69, 9.17) is 16.6 Å². The van der Waals surface area contributed by atoms with Gasteiger partial charge in [-0.1, -0.05) is 71.5 Å². The summed E-state index contributed by atoms with van der Waals surface area (Å²) in [5.74, 6) is 0. The smallest absolute Gasteiger partial charge is 0.271 e. The Labute approximate surface area is 191 Å². The maximum absolute atomic E-state index is 13.6. The van der Waals surface area contributed by atoms with E-state index in [9.17, 15) is 4.79 Å². The fraction of sp³-hybridized carbons (Fsp3) is 0.120. The first-order chi connectivity index (χ1) is 15.2. The molecule has 6 heteroatoms. The second-order valence-corrected chi connectivity index (χ2v) is 10.0. The van der Waals surface area contributed by atoms with Crippen LogP contribution in [0.25, 0.3) is 11.8 Å². The largest absolute Gasteiger partial charge is 0.272 e. The van der Waals surface area contributed by atoms with Gasteiger partial charge in [-0.15, -0.1) is 11.3 Å². The molecule has 0 spiro atoms. The third-order valence-electron chi connectivity index (χ3n) is 5.89. The van der Waals surface area contributed by atoms with Crippen molar-refractivity contribution < 1.29 is 0 Å². The van der Waals surface area contributed by atoms with Crippen LogP contribution < -0.4 is 14.9 Å². The number of benzene rings is 2. The van der Waals surface area contributed by atoms with Crippen molar-refractivity contribution in [3.05, 3.63) is 118 Å². The van der Waals surface area contributed by atoms with Gasteiger partial charge in [0.05, 0.1) is 16.3 Å². The van der Waals surface area contributed by atoms with Gasteiger partial charge >= 0.3 is 0 Å². The number of aromatic nitrogens is 1. The highest BCUT2D eigenvalue weighted by atomic mass is 35.5. The van der Waals surface area contributed by atoms with Crippen LogP contribution in [0.4, 0.5) is 0 Å². The van der Waals surface area contributed by atoms with E-state index in [-0.39, 0.29) is 11.6 Å². The second-order valence-electron chi connectivity index (χ2n) is 7.65. The van der Waals surface area contributed by atoms with Crippen molar-refractivity contribution in [2.45, 2.75) is 18.9 Å². The Bertz CT molecular complexity index is 1530. The van der Waals surface area contributed by atoms with Gasteiger partial charge in [0.1, 0.15) is 0 Å². The number of hydrogen-bond acceptors (Lipinski definition) is 4. The van der Waals surface area contributed by atoms with Crippen molar-refractivity contribution in [2.75, 3.05) is 0 Å². The van der Waals surface area contributed by atoms with E-state index in [2.05, 4.69) is 24.3 Å². The van der Waals surface area contributed by atoms with E-state index in [1.165, 1.54) is 22.5 Å². The molecule has 4 aromatic rings. The molecule has 2 aromatic carbocycles. The molecule has 1 atom stereocenters. The van der Waals surface area contributed by atoms with Crippen molar-refractivity contribution in [1.82, 2.24) is 4.57 Å². The number of aryl methyl sites for hydroxylation is 1. The molecule has 0 fully saturated rings. The Morgan fingerprint density at radius 2 is 1.87 bits per heavy atom. The molecule has 0 N–H and O–H groups in total. The van der Waals surface area contributed by atoms with Crippen molar-refractivity contribution >= 4 is 46.0 Å². The van der Waals surface area contributed by atoms with Crippen LogP contribution in [0.3, 0.4) is 0 Å². The Morgan fingerprint density at radius 1 is 1.03 bits per heavy atom. The minimum atomic E-state index is -0.237. The van der Waals surface area contributed by atoms with E-state index in [0.717, 1.165) is 39.3 Å². The molecule has 3 nitrogen and oxygen atoms in total. The normalized spacial score (nSPS) is 17.7. The van der Waals surface area contributed by atoms with Crippen molar-refractivity contribution in [2.24, 2.45) is 4.99 Å². The summed E-state index contributed by atoms with van der Waals surface area (Å²) in [6.45, 7) is 0. The quantitative estimate of drug-likeness (QED) is 0.413. The predicted octanol–water partition coefficient (Wildman–Crippen LogP) is 5.03. The first-order valence-corrected chi connectivity index (χ1v) is 12.2. The van der Waals surface area contributed by atoms with E-state index >= 15 is 0 Å². The zero-order chi connectivity index (χ0) is 20.9. The molecule has 1 aliphatic carbocycles. The van der Waals surface area contributed by atoms with Gasteiger partial charge in [-0.05, 0) is 53.1 Å². The van der Waals surface area contributed by atoms with Crippen LogP contribution in [0.5, 0.6) is 0 Å². The summed E-state index contributed by atoms with van der Waals surface area (Å²) in [5, 5.41) is 2.69. The van der Waals surface area contributed by atoms with E-state index < -0.39 is 0 Å². The molecule has 0 radical (unpaired) electrons. The number of thiophene rings is 1. The molecule has 1 unspecified atom stereocenters. The van der Waals surface area contributed by atoms with Crippen LogP contribution in [0.2, 0.25) is 5.02 Å². The summed E-state index contributed by atoms with van der Waals surface area (Å²) < 4.78 is 2.55. The Hall–Kier alpha value is -2.73. The monoisotopic (exact) mass is 460 g/mol. The molecule has 0 amide bonds. The lowest BCUT2D eigenvalue weighted by Crippen LogP contribution is -2.38. The number of nitrogens with zero attached hydrogens (tertiary/aromatic N) is 2. The summed E-state index contributed by atoms with van der Waals surface area (Å²) in [6, 6.07) is 20.1. The van der Waals surface area contributed by atoms with Crippen LogP contribution >= 0.6 is 34.3 Å². The Balaban J connectivity index is 1.68. The lowest BCUT2D eigenvalue weighted by molar-refractivity contribution is 0.585. The Morgan fingerprint density at radius 3 is 2.71 bits per heavy atom. The number of thiazole rings is 1. The van der Waals surface area contributed by atoms with Crippen LogP contribution in [0.1, 0.15) is 34.0 Å². The summed E-state index contributed by atoms with van der Waals surface area (Å²) >= 11 is 9.73. The van der Waals surface area contributed by atoms with E-state index in [0.29, 0.717) is 9.55 Å². The van der Waals surface area contributed by atoms with Crippen LogP contribution in [0, 0.1) is 0 Å². The third-order valence-corrected chi connectivity index (χ3v) is 8.04. The van der Waals surface area contributed by atoms with Gasteiger partial charge < -0.3 is 0 Å². The minimum Gasteiger partial charge on any atom is -0.272 e. The fourth-order valence-corrected chi connectivity index (χ4v) is 6.46. The summed E-state index contributed by atoms with van der Waals surface area (Å²) in [4.78, 5) is 20.4. The molecule has 0 saturated carbocycles. The average Bonchev–Trinajstić information content (AvgIpc) is 3.41. The lowest BCUT2D eigenvalue weighted by atomic mass is 9.83. The average molecular weight is 461 g/mol. The molecule has 1 aliphatic heterocycles. The third kappa shape index (κ3) is 3.07. The highest BCUT2D eigenvalue weighted by Gasteiger charge is 2.33. The van der Waals surface area contributed by atoms with Gasteiger partial charge in [0.2, 0.25) is 0 Å². The predicted molar refractivity (Wildman–Crippen MR) is 129 cm³/mol. The number of halogens is 1. The molecule has 2 aromatic heterocycles. The highest BCUT2D eigenvalue weighted by molar-refractivity contribution is 7.11. The van der Waals surface area contributed by atoms with Gasteiger partial charge in [-0.2, -0.15) is 0 Å². The molecule has 3 heterocycles. The fourth-order valence-electron chi connectivity index (χ4n) is 4.50. The molecule has 31 heavy (non-hydrogen) atoms. The van der Waals surface area contributed by atoms with E-state index in [1.54, 1.807) is 11.3 Å². The maximum atomic E-state index is 13.6. The molecule has 6 rings (SSSR count). The summed E-state index contributed by atoms with van der Waals surface area (Å²) in [7, 11) is 0. The molecule has 0 saturated heterocycles. The first kappa shape index (κ1) is 19.0. The molecule has 0 bridgehead atoms. The topological polar surface area (TPSA) is 34.4 Å². The summed E-state index contributed by atoms with van der Waals surface area (Å²) in [5.41, 5.74) is 5.58. The van der Waals surface area contributed by atoms with Gasteiger partial charge in [-0.3, -0.25) is 9.36 Å². The number of allylic oxidation sites excluding steroid dienone is 1. The number of rotatable bonds is 2. The standard InChI is InChI=1S/C25H17ClN2OS2/c26-20-10-4-3-9-18(20)23-19-12-11-15-6-1-2-8-17(15)22(19)27-25-28(23)24(29)21(31-25)14-16-7-5-13-30-16/h1-10,13-14,23H,11-12H2/b21-14-.